The fourth-order valence-corrected chi connectivity index (χ4v) is 4.29. The third-order valence-corrected chi connectivity index (χ3v) is 5.56. The molecule has 24 heavy (non-hydrogen) atoms. The Hall–Kier alpha value is -2.32. The van der Waals surface area contributed by atoms with E-state index < -0.39 is 0 Å². The lowest BCUT2D eigenvalue weighted by atomic mass is 9.93. The van der Waals surface area contributed by atoms with Gasteiger partial charge >= 0.3 is 0 Å². The van der Waals surface area contributed by atoms with Gasteiger partial charge in [-0.2, -0.15) is 0 Å². The van der Waals surface area contributed by atoms with Crippen molar-refractivity contribution < 1.29 is 9.59 Å². The van der Waals surface area contributed by atoms with E-state index in [1.54, 1.807) is 0 Å². The van der Waals surface area contributed by atoms with Gasteiger partial charge in [0.15, 0.2) is 0 Å². The highest BCUT2D eigenvalue weighted by Crippen LogP contribution is 2.48. The van der Waals surface area contributed by atoms with Crippen LogP contribution < -0.4 is 5.11 Å². The molecular formula is C22H23NO. The van der Waals surface area contributed by atoms with E-state index in [4.69, 9.17) is 0 Å². The minimum absolute atomic E-state index is 0.289. The van der Waals surface area contributed by atoms with Crippen LogP contribution in [-0.4, -0.2) is 17.6 Å². The molecule has 0 N–H and O–H groups in total. The van der Waals surface area contributed by atoms with Gasteiger partial charge in [-0.3, -0.25) is 4.48 Å². The molecule has 0 bridgehead atoms. The first-order valence-corrected chi connectivity index (χ1v) is 8.86. The third kappa shape index (κ3) is 2.22. The van der Waals surface area contributed by atoms with Crippen LogP contribution in [0.15, 0.2) is 72.2 Å². The van der Waals surface area contributed by atoms with E-state index in [-0.39, 0.29) is 5.88 Å². The number of hydrogen-bond acceptors (Lipinski definition) is 1. The highest BCUT2D eigenvalue weighted by molar-refractivity contribution is 6.07. The van der Waals surface area contributed by atoms with E-state index >= 15 is 0 Å². The van der Waals surface area contributed by atoms with Crippen LogP contribution in [0.3, 0.4) is 0 Å². The molecule has 2 heteroatoms. The van der Waals surface area contributed by atoms with Gasteiger partial charge in [0.1, 0.15) is 5.70 Å². The molecule has 2 aromatic carbocycles. The fourth-order valence-electron chi connectivity index (χ4n) is 4.29. The Labute approximate surface area is 144 Å². The zero-order valence-corrected chi connectivity index (χ0v) is 14.2. The largest absolute Gasteiger partial charge is 0.830 e. The standard InChI is InChI=1S/C22H23NO/c1-17-20(18-11-5-2-6-12-18)21(19-13-7-3-8-14-19)22(24)23(17)15-9-4-10-16-23/h2-3,5-8,11-14H,4,9-10,15-16H2,1H3. The van der Waals surface area contributed by atoms with E-state index in [0.29, 0.717) is 4.48 Å². The minimum atomic E-state index is 0.289. The first-order valence-electron chi connectivity index (χ1n) is 8.86. The molecule has 0 amide bonds. The number of allylic oxidation sites excluding steroid dienone is 3. The summed E-state index contributed by atoms with van der Waals surface area (Å²) in [5.74, 6) is 0.289. The summed E-state index contributed by atoms with van der Waals surface area (Å²) in [5.41, 5.74) is 5.48. The molecule has 1 spiro atoms. The summed E-state index contributed by atoms with van der Waals surface area (Å²) in [5, 5.41) is 13.6. The molecule has 2 aliphatic rings. The monoisotopic (exact) mass is 317 g/mol. The van der Waals surface area contributed by atoms with Crippen molar-refractivity contribution in [2.24, 2.45) is 0 Å². The molecule has 2 aromatic rings. The first-order chi connectivity index (χ1) is 11.7. The van der Waals surface area contributed by atoms with Crippen LogP contribution in [0.2, 0.25) is 0 Å². The summed E-state index contributed by atoms with van der Waals surface area (Å²) >= 11 is 0. The van der Waals surface area contributed by atoms with Gasteiger partial charge in [-0.15, -0.1) is 0 Å². The Morgan fingerprint density at radius 3 is 1.75 bits per heavy atom. The van der Waals surface area contributed by atoms with E-state index in [0.717, 1.165) is 48.2 Å². The second-order valence-electron chi connectivity index (χ2n) is 6.85. The summed E-state index contributed by atoms with van der Waals surface area (Å²) in [4.78, 5) is 0. The highest BCUT2D eigenvalue weighted by Gasteiger charge is 2.42. The van der Waals surface area contributed by atoms with Crippen molar-refractivity contribution in [3.63, 3.8) is 0 Å². The van der Waals surface area contributed by atoms with E-state index in [2.05, 4.69) is 43.3 Å². The van der Waals surface area contributed by atoms with Gasteiger partial charge in [0, 0.05) is 12.5 Å². The zero-order valence-electron chi connectivity index (χ0n) is 14.2. The van der Waals surface area contributed by atoms with Crippen molar-refractivity contribution >= 4 is 11.1 Å². The minimum Gasteiger partial charge on any atom is -0.830 e. The van der Waals surface area contributed by atoms with Gasteiger partial charge in [-0.1, -0.05) is 60.7 Å². The van der Waals surface area contributed by atoms with Gasteiger partial charge in [0.2, 0.25) is 0 Å². The van der Waals surface area contributed by atoms with Crippen LogP contribution in [0.25, 0.3) is 11.1 Å². The Morgan fingerprint density at radius 1 is 0.708 bits per heavy atom. The molecule has 0 aliphatic carbocycles. The maximum Gasteiger partial charge on any atom is 0.119 e. The second-order valence-corrected chi connectivity index (χ2v) is 6.85. The Balaban J connectivity index is 1.96. The topological polar surface area (TPSA) is 23.1 Å². The predicted octanol–water partition coefficient (Wildman–Crippen LogP) is 4.16. The summed E-state index contributed by atoms with van der Waals surface area (Å²) in [6.07, 6.45) is 3.50. The van der Waals surface area contributed by atoms with Crippen LogP contribution >= 0.6 is 0 Å². The van der Waals surface area contributed by atoms with Crippen LogP contribution in [0.1, 0.15) is 37.3 Å². The Bertz CT molecular complexity index is 733. The predicted molar refractivity (Wildman–Crippen MR) is 96.2 cm³/mol. The van der Waals surface area contributed by atoms with Gasteiger partial charge < -0.3 is 5.11 Å². The molecule has 122 valence electrons. The van der Waals surface area contributed by atoms with Crippen molar-refractivity contribution in [1.29, 1.82) is 0 Å². The van der Waals surface area contributed by atoms with Gasteiger partial charge in [0.05, 0.1) is 24.5 Å². The van der Waals surface area contributed by atoms with Gasteiger partial charge in [0.25, 0.3) is 0 Å². The molecule has 1 fully saturated rings. The fraction of sp³-hybridized carbons (Fsp3) is 0.273. The lowest BCUT2D eigenvalue weighted by Crippen LogP contribution is -2.51. The Morgan fingerprint density at radius 2 is 1.21 bits per heavy atom. The van der Waals surface area contributed by atoms with Crippen molar-refractivity contribution in [3.8, 4) is 0 Å². The SMILES string of the molecule is CC1=C(c2ccccc2)C(c2ccccc2)=C([O-])[N+]12CCCCC2. The van der Waals surface area contributed by atoms with Crippen molar-refractivity contribution in [2.75, 3.05) is 13.1 Å². The van der Waals surface area contributed by atoms with E-state index in [9.17, 15) is 5.11 Å². The Kier molecular flexibility index (Phi) is 3.78. The molecule has 2 nitrogen and oxygen atoms in total. The van der Waals surface area contributed by atoms with E-state index in [1.807, 2.05) is 24.3 Å². The van der Waals surface area contributed by atoms with Crippen molar-refractivity contribution in [1.82, 2.24) is 0 Å². The summed E-state index contributed by atoms with van der Waals surface area (Å²) in [6, 6.07) is 20.6. The average Bonchev–Trinajstić information content (AvgIpc) is 2.86. The van der Waals surface area contributed by atoms with Crippen molar-refractivity contribution in [3.05, 3.63) is 83.4 Å². The highest BCUT2D eigenvalue weighted by atomic mass is 16.3. The molecule has 2 aliphatic heterocycles. The molecule has 1 saturated heterocycles. The molecule has 0 radical (unpaired) electrons. The van der Waals surface area contributed by atoms with Crippen molar-refractivity contribution in [2.45, 2.75) is 26.2 Å². The summed E-state index contributed by atoms with van der Waals surface area (Å²) in [7, 11) is 0. The number of piperidine rings is 1. The molecule has 4 rings (SSSR count). The van der Waals surface area contributed by atoms with Crippen LogP contribution in [0, 0.1) is 0 Å². The zero-order chi connectivity index (χ0) is 16.6. The number of benzene rings is 2. The van der Waals surface area contributed by atoms with E-state index in [1.165, 1.54) is 12.1 Å². The quantitative estimate of drug-likeness (QED) is 0.763. The average molecular weight is 317 g/mol. The van der Waals surface area contributed by atoms with Crippen LogP contribution in [0.4, 0.5) is 0 Å². The summed E-state index contributed by atoms with van der Waals surface area (Å²) in [6.45, 7) is 4.05. The van der Waals surface area contributed by atoms with Gasteiger partial charge in [-0.05, 0) is 30.4 Å². The lowest BCUT2D eigenvalue weighted by Gasteiger charge is -2.43. The molecule has 0 unspecified atom stereocenters. The molecule has 0 saturated carbocycles. The summed E-state index contributed by atoms with van der Waals surface area (Å²) < 4.78 is 0.536. The second kappa shape index (κ2) is 5.95. The molecule has 2 heterocycles. The third-order valence-electron chi connectivity index (χ3n) is 5.56. The molecule has 0 atom stereocenters. The number of quaternary nitrogens is 1. The number of hydrogen-bond donors (Lipinski definition) is 0. The molecule has 0 aromatic heterocycles. The smallest absolute Gasteiger partial charge is 0.119 e. The van der Waals surface area contributed by atoms with Gasteiger partial charge in [-0.25, -0.2) is 0 Å². The maximum absolute atomic E-state index is 13.6. The van der Waals surface area contributed by atoms with Crippen LogP contribution in [-0.2, 0) is 0 Å². The number of nitrogens with zero attached hydrogens (tertiary/aromatic N) is 1. The molecular weight excluding hydrogens is 294 g/mol. The maximum atomic E-state index is 13.6. The first kappa shape index (κ1) is 15.2. The number of rotatable bonds is 2. The van der Waals surface area contributed by atoms with Crippen LogP contribution in [0.5, 0.6) is 0 Å². The lowest BCUT2D eigenvalue weighted by molar-refractivity contribution is -0.902. The normalized spacial score (nSPS) is 20.0.